The predicted octanol–water partition coefficient (Wildman–Crippen LogP) is 5.76. The summed E-state index contributed by atoms with van der Waals surface area (Å²) in [7, 11) is 0. The number of allylic oxidation sites excluding steroid dienone is 2. The van der Waals surface area contributed by atoms with Crippen LogP contribution < -0.4 is 9.47 Å². The minimum Gasteiger partial charge on any atom is -0.487 e. The average Bonchev–Trinajstić information content (AvgIpc) is 2.61. The lowest BCUT2D eigenvalue weighted by Crippen LogP contribution is -2.45. The topological polar surface area (TPSA) is 54.0 Å². The summed E-state index contributed by atoms with van der Waals surface area (Å²) in [5.41, 5.74) is 3.39. The van der Waals surface area contributed by atoms with Crippen LogP contribution in [0.5, 0.6) is 11.5 Å². The fourth-order valence-electron chi connectivity index (χ4n) is 4.41. The van der Waals surface area contributed by atoms with E-state index in [9.17, 15) is 4.79 Å². The monoisotopic (exact) mass is 388 g/mol. The third-order valence-electron chi connectivity index (χ3n) is 5.70. The molecule has 5 nitrogen and oxygen atoms in total. The lowest BCUT2D eigenvalue weighted by molar-refractivity contribution is -0.000710. The Morgan fingerprint density at radius 1 is 1.25 bits per heavy atom. The van der Waals surface area contributed by atoms with E-state index in [-0.39, 0.29) is 24.9 Å². The number of benzene rings is 1. The zero-order chi connectivity index (χ0) is 20.3. The number of fused-ring (bicyclic) bond motifs is 3. The van der Waals surface area contributed by atoms with Gasteiger partial charge in [-0.3, -0.25) is 0 Å². The van der Waals surface area contributed by atoms with Gasteiger partial charge in [0.05, 0.1) is 6.61 Å². The van der Waals surface area contributed by atoms with Crippen LogP contribution >= 0.6 is 0 Å². The van der Waals surface area contributed by atoms with Crippen LogP contribution in [-0.4, -0.2) is 25.2 Å². The van der Waals surface area contributed by atoms with Crippen LogP contribution in [0.15, 0.2) is 23.8 Å². The molecule has 0 N–H and O–H groups in total. The van der Waals surface area contributed by atoms with Crippen LogP contribution in [0.3, 0.4) is 0 Å². The first-order chi connectivity index (χ1) is 13.4. The smallest absolute Gasteiger partial charge is 0.487 e. The first-order valence-electron chi connectivity index (χ1n) is 10.3. The highest BCUT2D eigenvalue weighted by Gasteiger charge is 2.45. The fourth-order valence-corrected chi connectivity index (χ4v) is 4.41. The number of carbonyl (C=O) groups excluding carboxylic acids is 1. The van der Waals surface area contributed by atoms with Gasteiger partial charge in [0.2, 0.25) is 6.79 Å². The van der Waals surface area contributed by atoms with Crippen molar-refractivity contribution < 1.29 is 23.7 Å². The summed E-state index contributed by atoms with van der Waals surface area (Å²) in [6.45, 7) is 10.5. The Morgan fingerprint density at radius 2 is 2.04 bits per heavy atom. The molecule has 0 bridgehead atoms. The number of rotatable bonds is 6. The first kappa shape index (κ1) is 20.6. The summed E-state index contributed by atoms with van der Waals surface area (Å²) >= 11 is 0. The Bertz CT molecular complexity index is 750. The van der Waals surface area contributed by atoms with Crippen molar-refractivity contribution in [2.45, 2.75) is 71.8 Å². The van der Waals surface area contributed by atoms with Gasteiger partial charge in [-0.25, -0.2) is 4.79 Å². The van der Waals surface area contributed by atoms with Gasteiger partial charge in [0, 0.05) is 17.4 Å². The Hall–Kier alpha value is -2.17. The van der Waals surface area contributed by atoms with Crippen LogP contribution in [0.4, 0.5) is 4.79 Å². The van der Waals surface area contributed by atoms with Crippen molar-refractivity contribution in [1.82, 2.24) is 0 Å². The molecule has 0 amide bonds. The maximum Gasteiger partial charge on any atom is 0.511 e. The third kappa shape index (κ3) is 4.29. The molecule has 1 aromatic rings. The molecular weight excluding hydrogens is 356 g/mol. The summed E-state index contributed by atoms with van der Waals surface area (Å²) in [4.78, 5) is 11.5. The first-order valence-corrected chi connectivity index (χ1v) is 10.3. The van der Waals surface area contributed by atoms with Gasteiger partial charge in [-0.1, -0.05) is 25.0 Å². The standard InChI is InChI=1S/C23H32O5/c1-6-8-16-12-19(26-14-27-22(24)25-7-2)21-17-11-15(3)9-10-18(17)23(4,5)28-20(21)13-16/h11-13,17-18H,6-10,14H2,1-5H3/t17-,18-/m1/s1. The molecule has 5 heteroatoms. The van der Waals surface area contributed by atoms with Crippen LogP contribution in [-0.2, 0) is 15.9 Å². The summed E-state index contributed by atoms with van der Waals surface area (Å²) < 4.78 is 22.2. The highest BCUT2D eigenvalue weighted by atomic mass is 16.8. The minimum atomic E-state index is -0.718. The number of ether oxygens (including phenoxy) is 4. The molecule has 1 heterocycles. The number of carbonyl (C=O) groups is 1. The second-order valence-corrected chi connectivity index (χ2v) is 8.23. The van der Waals surface area contributed by atoms with Crippen molar-refractivity contribution in [3.63, 3.8) is 0 Å². The van der Waals surface area contributed by atoms with Gasteiger partial charge in [-0.05, 0) is 64.7 Å². The third-order valence-corrected chi connectivity index (χ3v) is 5.70. The Morgan fingerprint density at radius 3 is 2.75 bits per heavy atom. The van der Waals surface area contributed by atoms with Gasteiger partial charge >= 0.3 is 6.16 Å². The zero-order valence-corrected chi connectivity index (χ0v) is 17.7. The molecule has 0 unspecified atom stereocenters. The molecule has 0 aromatic heterocycles. The van der Waals surface area contributed by atoms with Gasteiger partial charge < -0.3 is 18.9 Å². The van der Waals surface area contributed by atoms with Crippen molar-refractivity contribution in [2.24, 2.45) is 5.92 Å². The molecule has 0 saturated heterocycles. The quantitative estimate of drug-likeness (QED) is 0.352. The summed E-state index contributed by atoms with van der Waals surface area (Å²) in [6, 6.07) is 4.21. The van der Waals surface area contributed by atoms with Crippen molar-refractivity contribution >= 4 is 6.16 Å². The van der Waals surface area contributed by atoms with Gasteiger partial charge in [0.25, 0.3) is 0 Å². The van der Waals surface area contributed by atoms with Crippen molar-refractivity contribution in [1.29, 1.82) is 0 Å². The van der Waals surface area contributed by atoms with Gasteiger partial charge in [-0.2, -0.15) is 0 Å². The number of aryl methyl sites for hydroxylation is 1. The summed E-state index contributed by atoms with van der Waals surface area (Å²) in [5.74, 6) is 2.24. The molecule has 0 spiro atoms. The second-order valence-electron chi connectivity index (χ2n) is 8.23. The number of hydrogen-bond acceptors (Lipinski definition) is 5. The lowest BCUT2D eigenvalue weighted by Gasteiger charge is -2.46. The van der Waals surface area contributed by atoms with E-state index in [1.807, 2.05) is 0 Å². The summed E-state index contributed by atoms with van der Waals surface area (Å²) in [5, 5.41) is 0. The Balaban J connectivity index is 1.96. The second kappa shape index (κ2) is 8.46. The van der Waals surface area contributed by atoms with E-state index in [1.54, 1.807) is 6.92 Å². The molecule has 1 aliphatic heterocycles. The molecular formula is C23H32O5. The van der Waals surface area contributed by atoms with Crippen molar-refractivity contribution in [3.05, 3.63) is 34.9 Å². The van der Waals surface area contributed by atoms with Crippen molar-refractivity contribution in [3.8, 4) is 11.5 Å². The molecule has 0 saturated carbocycles. The Labute approximate surface area is 168 Å². The molecule has 28 heavy (non-hydrogen) atoms. The van der Waals surface area contributed by atoms with Crippen LogP contribution in [0.1, 0.15) is 70.9 Å². The van der Waals surface area contributed by atoms with E-state index in [1.165, 1.54) is 5.57 Å². The molecule has 1 aliphatic carbocycles. The van der Waals surface area contributed by atoms with Gasteiger partial charge in [0.1, 0.15) is 17.1 Å². The minimum absolute atomic E-state index is 0.176. The van der Waals surface area contributed by atoms with E-state index in [2.05, 4.69) is 45.9 Å². The molecule has 154 valence electrons. The van der Waals surface area contributed by atoms with E-state index in [0.717, 1.165) is 48.3 Å². The van der Waals surface area contributed by atoms with Gasteiger partial charge in [-0.15, -0.1) is 0 Å². The van der Waals surface area contributed by atoms with Crippen LogP contribution in [0.25, 0.3) is 0 Å². The Kier molecular flexibility index (Phi) is 6.21. The molecule has 2 atom stereocenters. The molecule has 0 fully saturated rings. The number of hydrogen-bond donors (Lipinski definition) is 0. The summed E-state index contributed by atoms with van der Waals surface area (Å²) in [6.07, 6.45) is 5.80. The average molecular weight is 389 g/mol. The lowest BCUT2D eigenvalue weighted by atomic mass is 9.68. The molecule has 0 radical (unpaired) electrons. The van der Waals surface area contributed by atoms with E-state index >= 15 is 0 Å². The normalized spacial score (nSPS) is 22.2. The van der Waals surface area contributed by atoms with E-state index < -0.39 is 6.16 Å². The van der Waals surface area contributed by atoms with E-state index in [0.29, 0.717) is 5.92 Å². The SMILES string of the molecule is CCCc1cc(OCOC(=O)OCC)c2c(c1)OC(C)(C)[C@@H]1CCC(C)=C[C@@H]21. The maximum absolute atomic E-state index is 11.5. The molecule has 3 rings (SSSR count). The van der Waals surface area contributed by atoms with E-state index in [4.69, 9.17) is 18.9 Å². The zero-order valence-electron chi connectivity index (χ0n) is 17.7. The fraction of sp³-hybridized carbons (Fsp3) is 0.609. The van der Waals surface area contributed by atoms with Crippen molar-refractivity contribution in [2.75, 3.05) is 13.4 Å². The van der Waals surface area contributed by atoms with Gasteiger partial charge in [0.15, 0.2) is 0 Å². The maximum atomic E-state index is 11.5. The highest BCUT2D eigenvalue weighted by molar-refractivity contribution is 5.59. The van der Waals surface area contributed by atoms with Crippen LogP contribution in [0.2, 0.25) is 0 Å². The predicted molar refractivity (Wildman–Crippen MR) is 108 cm³/mol. The largest absolute Gasteiger partial charge is 0.511 e. The highest BCUT2D eigenvalue weighted by Crippen LogP contribution is 2.53. The van der Waals surface area contributed by atoms with Crippen LogP contribution in [0, 0.1) is 5.92 Å². The molecule has 2 aliphatic rings. The molecule has 1 aromatic carbocycles.